The summed E-state index contributed by atoms with van der Waals surface area (Å²) < 4.78 is 5.20. The van der Waals surface area contributed by atoms with Crippen LogP contribution in [0, 0.1) is 5.92 Å². The first-order valence-corrected chi connectivity index (χ1v) is 5.36. The molecule has 1 heterocycles. The van der Waals surface area contributed by atoms with Gasteiger partial charge in [0.2, 0.25) is 0 Å². The Morgan fingerprint density at radius 3 is 2.73 bits per heavy atom. The van der Waals surface area contributed by atoms with Gasteiger partial charge in [0.15, 0.2) is 0 Å². The van der Waals surface area contributed by atoms with Crippen LogP contribution in [0.1, 0.15) is 33.6 Å². The molecule has 1 N–H and O–H groups in total. The minimum absolute atomic E-state index is 0.00532. The Morgan fingerprint density at radius 1 is 1.47 bits per heavy atom. The average molecular weight is 213 g/mol. The van der Waals surface area contributed by atoms with Crippen molar-refractivity contribution in [1.82, 2.24) is 5.32 Å². The Hall–Kier alpha value is -0.900. The molecule has 0 bridgehead atoms. The van der Waals surface area contributed by atoms with Crippen molar-refractivity contribution < 1.29 is 14.3 Å². The molecule has 86 valence electrons. The molecule has 0 saturated carbocycles. The molecule has 0 amide bonds. The van der Waals surface area contributed by atoms with Crippen molar-refractivity contribution in [1.29, 1.82) is 0 Å². The van der Waals surface area contributed by atoms with Crippen LogP contribution in [0.4, 0.5) is 0 Å². The summed E-state index contributed by atoms with van der Waals surface area (Å²) in [5.41, 5.74) is -0.524. The third-order valence-corrected chi connectivity index (χ3v) is 2.21. The summed E-state index contributed by atoms with van der Waals surface area (Å²) in [6.45, 7) is 6.62. The van der Waals surface area contributed by atoms with E-state index in [0.29, 0.717) is 13.0 Å². The van der Waals surface area contributed by atoms with Crippen molar-refractivity contribution in [3.63, 3.8) is 0 Å². The van der Waals surface area contributed by atoms with Crippen molar-refractivity contribution in [3.05, 3.63) is 0 Å². The molecule has 1 aliphatic heterocycles. The summed E-state index contributed by atoms with van der Waals surface area (Å²) in [7, 11) is 0. The van der Waals surface area contributed by atoms with E-state index in [1.165, 1.54) is 0 Å². The third kappa shape index (κ3) is 4.00. The van der Waals surface area contributed by atoms with Gasteiger partial charge in [0.25, 0.3) is 0 Å². The van der Waals surface area contributed by atoms with E-state index in [2.05, 4.69) is 5.32 Å². The highest BCUT2D eigenvalue weighted by atomic mass is 16.6. The van der Waals surface area contributed by atoms with E-state index in [4.69, 9.17) is 4.74 Å². The molecular weight excluding hydrogens is 194 g/mol. The van der Waals surface area contributed by atoms with Crippen molar-refractivity contribution in [2.75, 3.05) is 13.1 Å². The van der Waals surface area contributed by atoms with Gasteiger partial charge in [-0.15, -0.1) is 0 Å². The second-order valence-corrected chi connectivity index (χ2v) is 4.86. The second-order valence-electron chi connectivity index (χ2n) is 4.86. The number of carbonyl (C=O) groups excluding carboxylic acids is 2. The number of ketones is 1. The highest BCUT2D eigenvalue weighted by molar-refractivity contribution is 5.99. The number of rotatable bonds is 1. The molecule has 0 aromatic carbocycles. The fourth-order valence-corrected chi connectivity index (χ4v) is 1.51. The molecule has 0 aliphatic carbocycles. The van der Waals surface area contributed by atoms with Crippen molar-refractivity contribution in [3.8, 4) is 0 Å². The summed E-state index contributed by atoms with van der Waals surface area (Å²) in [4.78, 5) is 23.3. The van der Waals surface area contributed by atoms with Crippen LogP contribution in [0.15, 0.2) is 0 Å². The number of hydrogen-bond acceptors (Lipinski definition) is 4. The van der Waals surface area contributed by atoms with Crippen LogP contribution in [0.25, 0.3) is 0 Å². The van der Waals surface area contributed by atoms with Crippen LogP contribution in [0.2, 0.25) is 0 Å². The standard InChI is InChI=1S/C11H19NO3/c1-11(2,3)15-10(14)8-7-12-6-4-5-9(8)13/h8,12H,4-7H2,1-3H3. The Balaban J connectivity index is 2.60. The van der Waals surface area contributed by atoms with Crippen molar-refractivity contribution in [2.45, 2.75) is 39.2 Å². The zero-order chi connectivity index (χ0) is 11.5. The van der Waals surface area contributed by atoms with Gasteiger partial charge in [0.05, 0.1) is 0 Å². The normalized spacial score (nSPS) is 23.4. The molecule has 0 aromatic rings. The predicted molar refractivity (Wildman–Crippen MR) is 56.4 cm³/mol. The maximum atomic E-state index is 11.7. The fourth-order valence-electron chi connectivity index (χ4n) is 1.51. The van der Waals surface area contributed by atoms with Gasteiger partial charge in [-0.2, -0.15) is 0 Å². The van der Waals surface area contributed by atoms with Gasteiger partial charge in [0.1, 0.15) is 17.3 Å². The van der Waals surface area contributed by atoms with E-state index >= 15 is 0 Å². The van der Waals surface area contributed by atoms with Crippen molar-refractivity contribution >= 4 is 11.8 Å². The van der Waals surface area contributed by atoms with Gasteiger partial charge in [0, 0.05) is 13.0 Å². The van der Waals surface area contributed by atoms with Crippen LogP contribution < -0.4 is 5.32 Å². The maximum absolute atomic E-state index is 11.7. The number of nitrogens with one attached hydrogen (secondary N) is 1. The Bertz CT molecular complexity index is 255. The lowest BCUT2D eigenvalue weighted by Gasteiger charge is -2.22. The molecule has 1 saturated heterocycles. The van der Waals surface area contributed by atoms with Gasteiger partial charge < -0.3 is 10.1 Å². The quantitative estimate of drug-likeness (QED) is 0.519. The van der Waals surface area contributed by atoms with Crippen LogP contribution in [0.5, 0.6) is 0 Å². The average Bonchev–Trinajstić information content (AvgIpc) is 2.26. The Kier molecular flexibility index (Phi) is 3.85. The van der Waals surface area contributed by atoms with E-state index in [1.807, 2.05) is 0 Å². The molecule has 1 unspecified atom stereocenters. The van der Waals surface area contributed by atoms with Gasteiger partial charge >= 0.3 is 5.97 Å². The topological polar surface area (TPSA) is 55.4 Å². The monoisotopic (exact) mass is 213 g/mol. The molecule has 15 heavy (non-hydrogen) atoms. The highest BCUT2D eigenvalue weighted by Gasteiger charge is 2.31. The summed E-state index contributed by atoms with van der Waals surface area (Å²) in [6.07, 6.45) is 1.27. The molecule has 1 aliphatic rings. The zero-order valence-electron chi connectivity index (χ0n) is 9.63. The Labute approximate surface area is 90.4 Å². The molecule has 0 aromatic heterocycles. The first kappa shape index (κ1) is 12.2. The van der Waals surface area contributed by atoms with E-state index < -0.39 is 17.5 Å². The largest absolute Gasteiger partial charge is 0.459 e. The molecule has 0 radical (unpaired) electrons. The van der Waals surface area contributed by atoms with E-state index in [-0.39, 0.29) is 5.78 Å². The van der Waals surface area contributed by atoms with Gasteiger partial charge in [-0.25, -0.2) is 0 Å². The number of Topliss-reactive ketones (excluding diaryl/α,β-unsaturated/α-hetero) is 1. The SMILES string of the molecule is CC(C)(C)OC(=O)C1CNCCCC1=O. The maximum Gasteiger partial charge on any atom is 0.318 e. The first-order chi connectivity index (χ1) is 6.90. The number of ether oxygens (including phenoxy) is 1. The molecule has 0 spiro atoms. The lowest BCUT2D eigenvalue weighted by atomic mass is 10.0. The van der Waals surface area contributed by atoms with Crippen LogP contribution in [-0.4, -0.2) is 30.4 Å². The summed E-state index contributed by atoms with van der Waals surface area (Å²) in [6, 6.07) is 0. The fraction of sp³-hybridized carbons (Fsp3) is 0.818. The number of carbonyl (C=O) groups is 2. The van der Waals surface area contributed by atoms with Crippen molar-refractivity contribution in [2.24, 2.45) is 5.92 Å². The first-order valence-electron chi connectivity index (χ1n) is 5.36. The third-order valence-electron chi connectivity index (χ3n) is 2.21. The van der Waals surface area contributed by atoms with Gasteiger partial charge in [-0.05, 0) is 33.7 Å². The van der Waals surface area contributed by atoms with Gasteiger partial charge in [-0.1, -0.05) is 0 Å². The minimum atomic E-state index is -0.619. The predicted octanol–water partition coefficient (Wildman–Crippen LogP) is 0.897. The smallest absolute Gasteiger partial charge is 0.318 e. The molecule has 4 heteroatoms. The number of hydrogen-bond donors (Lipinski definition) is 1. The van der Waals surface area contributed by atoms with E-state index in [1.54, 1.807) is 20.8 Å². The lowest BCUT2D eigenvalue weighted by Crippen LogP contribution is -2.37. The molecule has 1 rings (SSSR count). The van der Waals surface area contributed by atoms with Gasteiger partial charge in [-0.3, -0.25) is 9.59 Å². The Morgan fingerprint density at radius 2 is 2.13 bits per heavy atom. The van der Waals surface area contributed by atoms with Crippen LogP contribution in [-0.2, 0) is 14.3 Å². The van der Waals surface area contributed by atoms with E-state index in [9.17, 15) is 9.59 Å². The highest BCUT2D eigenvalue weighted by Crippen LogP contribution is 2.14. The zero-order valence-corrected chi connectivity index (χ0v) is 9.63. The molecular formula is C11H19NO3. The summed E-state index contributed by atoms with van der Waals surface area (Å²) >= 11 is 0. The molecule has 1 fully saturated rings. The lowest BCUT2D eigenvalue weighted by molar-refractivity contribution is -0.161. The molecule has 4 nitrogen and oxygen atoms in total. The molecule has 1 atom stereocenters. The minimum Gasteiger partial charge on any atom is -0.459 e. The van der Waals surface area contributed by atoms with Crippen LogP contribution >= 0.6 is 0 Å². The number of esters is 1. The summed E-state index contributed by atoms with van der Waals surface area (Å²) in [5.74, 6) is -1.03. The summed E-state index contributed by atoms with van der Waals surface area (Å²) in [5, 5.41) is 3.07. The van der Waals surface area contributed by atoms with E-state index in [0.717, 1.165) is 13.0 Å². The van der Waals surface area contributed by atoms with Crippen LogP contribution in [0.3, 0.4) is 0 Å². The second kappa shape index (κ2) is 4.75.